The summed E-state index contributed by atoms with van der Waals surface area (Å²) >= 11 is 1.61. The molecule has 0 amide bonds. The third kappa shape index (κ3) is 1.76. The van der Waals surface area contributed by atoms with Gasteiger partial charge in [-0.2, -0.15) is 5.10 Å². The highest BCUT2D eigenvalue weighted by atomic mass is 32.2. The maximum absolute atomic E-state index is 6.03. The topological polar surface area (TPSA) is 59.6 Å². The van der Waals surface area contributed by atoms with Crippen molar-refractivity contribution in [3.8, 4) is 0 Å². The van der Waals surface area contributed by atoms with Gasteiger partial charge in [0.05, 0.1) is 16.4 Å². The second-order valence-corrected chi connectivity index (χ2v) is 5.28. The smallest absolute Gasteiger partial charge is 0.123 e. The van der Waals surface area contributed by atoms with Gasteiger partial charge in [0.25, 0.3) is 0 Å². The minimum absolute atomic E-state index is 0.751. The largest absolute Gasteiger partial charge is 0.395 e. The summed E-state index contributed by atoms with van der Waals surface area (Å²) in [6.45, 7) is 1.92. The summed E-state index contributed by atoms with van der Waals surface area (Å²) in [5.74, 6) is 0. The van der Waals surface area contributed by atoms with E-state index in [1.165, 1.54) is 5.39 Å². The number of aromatic amines is 1. The van der Waals surface area contributed by atoms with Gasteiger partial charge in [0.1, 0.15) is 5.03 Å². The molecular formula is C13H14N4S. The number of para-hydroxylation sites is 1. The molecule has 3 N–H and O–H groups in total. The molecule has 18 heavy (non-hydrogen) atoms. The summed E-state index contributed by atoms with van der Waals surface area (Å²) in [6.07, 6.45) is 0. The molecule has 3 rings (SSSR count). The molecule has 0 bridgehead atoms. The third-order valence-corrected chi connectivity index (χ3v) is 4.04. The van der Waals surface area contributed by atoms with Crippen molar-refractivity contribution in [2.24, 2.45) is 7.05 Å². The van der Waals surface area contributed by atoms with Crippen LogP contribution in [0.2, 0.25) is 0 Å². The number of benzene rings is 1. The van der Waals surface area contributed by atoms with E-state index in [0.29, 0.717) is 0 Å². The van der Waals surface area contributed by atoms with E-state index in [1.807, 2.05) is 30.8 Å². The number of hydrogen-bond acceptors (Lipinski definition) is 3. The maximum atomic E-state index is 6.03. The second-order valence-electron chi connectivity index (χ2n) is 4.25. The molecule has 5 heteroatoms. The average molecular weight is 258 g/mol. The standard InChI is InChI=1S/C13H14N4S/c1-8-12(14)13(17(2)16-8)18-11-7-9-5-3-4-6-10(9)15-11/h3-7,15H,14H2,1-2H3. The fraction of sp³-hybridized carbons (Fsp3) is 0.154. The Morgan fingerprint density at radius 2 is 2.11 bits per heavy atom. The van der Waals surface area contributed by atoms with Crippen molar-refractivity contribution < 1.29 is 0 Å². The summed E-state index contributed by atoms with van der Waals surface area (Å²) in [6, 6.07) is 10.3. The zero-order valence-corrected chi connectivity index (χ0v) is 11.1. The molecule has 0 saturated heterocycles. The van der Waals surface area contributed by atoms with Crippen LogP contribution < -0.4 is 5.73 Å². The Labute approximate surface area is 109 Å². The van der Waals surface area contributed by atoms with Crippen molar-refractivity contribution in [1.82, 2.24) is 14.8 Å². The number of aromatic nitrogens is 3. The van der Waals surface area contributed by atoms with Crippen molar-refractivity contribution in [2.75, 3.05) is 5.73 Å². The molecule has 0 fully saturated rings. The highest BCUT2D eigenvalue weighted by Crippen LogP contribution is 2.34. The van der Waals surface area contributed by atoms with Crippen LogP contribution >= 0.6 is 11.8 Å². The first-order valence-electron chi connectivity index (χ1n) is 5.70. The van der Waals surface area contributed by atoms with Gasteiger partial charge in [-0.05, 0) is 19.1 Å². The van der Waals surface area contributed by atoms with Crippen molar-refractivity contribution >= 4 is 28.4 Å². The molecule has 3 aromatic rings. The molecule has 4 nitrogen and oxygen atoms in total. The van der Waals surface area contributed by atoms with Crippen LogP contribution in [0.1, 0.15) is 5.69 Å². The van der Waals surface area contributed by atoms with E-state index in [0.717, 1.165) is 26.9 Å². The lowest BCUT2D eigenvalue weighted by Gasteiger charge is -2.00. The zero-order chi connectivity index (χ0) is 12.7. The molecule has 0 saturated carbocycles. The predicted octanol–water partition coefficient (Wildman–Crippen LogP) is 2.94. The monoisotopic (exact) mass is 258 g/mol. The van der Waals surface area contributed by atoms with Gasteiger partial charge in [0, 0.05) is 18.0 Å². The number of nitrogens with zero attached hydrogens (tertiary/aromatic N) is 2. The Balaban J connectivity index is 2.01. The van der Waals surface area contributed by atoms with E-state index < -0.39 is 0 Å². The molecule has 0 aliphatic carbocycles. The van der Waals surface area contributed by atoms with Crippen LogP contribution in [0.25, 0.3) is 10.9 Å². The normalized spacial score (nSPS) is 11.2. The van der Waals surface area contributed by atoms with Crippen molar-refractivity contribution in [2.45, 2.75) is 17.0 Å². The van der Waals surface area contributed by atoms with E-state index in [4.69, 9.17) is 5.73 Å². The minimum atomic E-state index is 0.751. The Morgan fingerprint density at radius 1 is 1.33 bits per heavy atom. The molecule has 0 aliphatic rings. The lowest BCUT2D eigenvalue weighted by molar-refractivity contribution is 0.693. The summed E-state index contributed by atoms with van der Waals surface area (Å²) in [5.41, 5.74) is 8.79. The number of nitrogens with two attached hydrogens (primary N) is 1. The molecule has 0 radical (unpaired) electrons. The Hall–Kier alpha value is -1.88. The minimum Gasteiger partial charge on any atom is -0.395 e. The highest BCUT2D eigenvalue weighted by molar-refractivity contribution is 7.99. The molecule has 0 spiro atoms. The SMILES string of the molecule is Cc1nn(C)c(Sc2cc3ccccc3[nH]2)c1N. The summed E-state index contributed by atoms with van der Waals surface area (Å²) in [5, 5.41) is 7.57. The van der Waals surface area contributed by atoms with Gasteiger partial charge in [0.15, 0.2) is 0 Å². The summed E-state index contributed by atoms with van der Waals surface area (Å²) in [7, 11) is 1.91. The first kappa shape index (κ1) is 11.2. The quantitative estimate of drug-likeness (QED) is 0.743. The Morgan fingerprint density at radius 3 is 2.78 bits per heavy atom. The number of nitrogen functional groups attached to an aromatic ring is 1. The van der Waals surface area contributed by atoms with Crippen LogP contribution in [-0.4, -0.2) is 14.8 Å². The van der Waals surface area contributed by atoms with Gasteiger partial charge >= 0.3 is 0 Å². The lowest BCUT2D eigenvalue weighted by Crippen LogP contribution is -1.93. The van der Waals surface area contributed by atoms with Crippen LogP contribution in [-0.2, 0) is 7.05 Å². The average Bonchev–Trinajstić information content (AvgIpc) is 2.86. The van der Waals surface area contributed by atoms with Gasteiger partial charge in [-0.15, -0.1) is 0 Å². The van der Waals surface area contributed by atoms with Crippen molar-refractivity contribution in [1.29, 1.82) is 0 Å². The van der Waals surface area contributed by atoms with Gasteiger partial charge in [0.2, 0.25) is 0 Å². The van der Waals surface area contributed by atoms with Gasteiger partial charge < -0.3 is 10.7 Å². The van der Waals surface area contributed by atoms with Crippen LogP contribution in [0.15, 0.2) is 40.4 Å². The van der Waals surface area contributed by atoms with E-state index in [2.05, 4.69) is 28.3 Å². The number of nitrogens with one attached hydrogen (secondary N) is 1. The van der Waals surface area contributed by atoms with Gasteiger partial charge in [-0.1, -0.05) is 30.0 Å². The Kier molecular flexibility index (Phi) is 2.56. The van der Waals surface area contributed by atoms with Crippen LogP contribution in [0.4, 0.5) is 5.69 Å². The number of aryl methyl sites for hydroxylation is 2. The fourth-order valence-electron chi connectivity index (χ4n) is 1.98. The van der Waals surface area contributed by atoms with E-state index in [-0.39, 0.29) is 0 Å². The molecular weight excluding hydrogens is 244 g/mol. The number of fused-ring (bicyclic) bond motifs is 1. The first-order chi connectivity index (χ1) is 8.65. The highest BCUT2D eigenvalue weighted by Gasteiger charge is 2.12. The summed E-state index contributed by atoms with van der Waals surface area (Å²) in [4.78, 5) is 3.37. The van der Waals surface area contributed by atoms with E-state index in [1.54, 1.807) is 11.8 Å². The molecule has 2 heterocycles. The van der Waals surface area contributed by atoms with Crippen molar-refractivity contribution in [3.05, 3.63) is 36.0 Å². The first-order valence-corrected chi connectivity index (χ1v) is 6.51. The van der Waals surface area contributed by atoms with Crippen LogP contribution in [0, 0.1) is 6.92 Å². The summed E-state index contributed by atoms with van der Waals surface area (Å²) < 4.78 is 1.82. The molecule has 1 aromatic carbocycles. The zero-order valence-electron chi connectivity index (χ0n) is 10.3. The van der Waals surface area contributed by atoms with E-state index >= 15 is 0 Å². The lowest BCUT2D eigenvalue weighted by atomic mass is 10.3. The molecule has 0 atom stereocenters. The molecule has 92 valence electrons. The number of anilines is 1. The fourth-order valence-corrected chi connectivity index (χ4v) is 2.97. The van der Waals surface area contributed by atoms with E-state index in [9.17, 15) is 0 Å². The molecule has 0 aliphatic heterocycles. The van der Waals surface area contributed by atoms with Gasteiger partial charge in [-0.3, -0.25) is 4.68 Å². The Bertz CT molecular complexity index is 678. The van der Waals surface area contributed by atoms with Crippen molar-refractivity contribution in [3.63, 3.8) is 0 Å². The predicted molar refractivity (Wildman–Crippen MR) is 74.8 cm³/mol. The van der Waals surface area contributed by atoms with Crippen LogP contribution in [0.5, 0.6) is 0 Å². The number of H-pyrrole nitrogens is 1. The molecule has 0 unspecified atom stereocenters. The maximum Gasteiger partial charge on any atom is 0.123 e. The second kappa shape index (κ2) is 4.10. The van der Waals surface area contributed by atoms with Crippen LogP contribution in [0.3, 0.4) is 0 Å². The number of hydrogen-bond donors (Lipinski definition) is 2. The third-order valence-electron chi connectivity index (χ3n) is 2.93. The number of rotatable bonds is 2. The molecule has 2 aromatic heterocycles. The van der Waals surface area contributed by atoms with Gasteiger partial charge in [-0.25, -0.2) is 0 Å².